The van der Waals surface area contributed by atoms with Gasteiger partial charge in [0.15, 0.2) is 0 Å². The molecule has 2 aromatic rings. The van der Waals surface area contributed by atoms with Crippen LogP contribution in [0, 0.1) is 17.8 Å². The van der Waals surface area contributed by atoms with E-state index in [-0.39, 0.29) is 35.9 Å². The van der Waals surface area contributed by atoms with Gasteiger partial charge in [0.1, 0.15) is 12.9 Å². The molecule has 158 valence electrons. The molecule has 29 heavy (non-hydrogen) atoms. The van der Waals surface area contributed by atoms with Gasteiger partial charge >= 0.3 is 0 Å². The Balaban J connectivity index is 2.10. The average molecular weight is 402 g/mol. The predicted octanol–water partition coefficient (Wildman–Crippen LogP) is 3.40. The zero-order chi connectivity index (χ0) is 21.1. The lowest BCUT2D eigenvalue weighted by Crippen LogP contribution is -2.41. The second-order valence-corrected chi connectivity index (χ2v) is 8.19. The molecule has 1 aliphatic heterocycles. The van der Waals surface area contributed by atoms with E-state index in [0.29, 0.717) is 17.9 Å². The number of aliphatic hydroxyl groups is 1. The minimum atomic E-state index is -0.546. The highest BCUT2D eigenvalue weighted by Gasteiger charge is 2.40. The summed E-state index contributed by atoms with van der Waals surface area (Å²) in [6, 6.07) is 9.41. The number of pyridine rings is 1. The molecular formula is C23H31NO5. The topological polar surface area (TPSA) is 80.9 Å². The van der Waals surface area contributed by atoms with Gasteiger partial charge in [0, 0.05) is 12.2 Å². The van der Waals surface area contributed by atoms with Crippen molar-refractivity contribution in [3.05, 3.63) is 52.4 Å². The van der Waals surface area contributed by atoms with Crippen molar-refractivity contribution in [2.24, 2.45) is 17.8 Å². The minimum Gasteiger partial charge on any atom is -0.507 e. The molecule has 0 amide bonds. The van der Waals surface area contributed by atoms with Crippen LogP contribution in [-0.4, -0.2) is 34.8 Å². The van der Waals surface area contributed by atoms with E-state index in [4.69, 9.17) is 9.57 Å². The maximum absolute atomic E-state index is 13.1. The highest BCUT2D eigenvalue weighted by atomic mass is 16.6. The Hall–Kier alpha value is -2.31. The zero-order valence-electron chi connectivity index (χ0n) is 17.5. The molecule has 5 unspecified atom stereocenters. The van der Waals surface area contributed by atoms with Gasteiger partial charge in [-0.05, 0) is 36.2 Å². The van der Waals surface area contributed by atoms with Crippen LogP contribution < -0.4 is 10.4 Å². The third-order valence-corrected chi connectivity index (χ3v) is 6.02. The van der Waals surface area contributed by atoms with Gasteiger partial charge in [-0.2, -0.15) is 4.73 Å². The summed E-state index contributed by atoms with van der Waals surface area (Å²) in [5.41, 5.74) is 1.13. The molecule has 0 radical (unpaired) electrons. The SMILES string of the molecule is COn1cc(-c2ccccc2)c(O)c(C2OC(C(C)CCO)C(C)CC2C)c1=O. The fraction of sp³-hybridized carbons (Fsp3) is 0.522. The normalized spacial score (nSPS) is 25.6. The van der Waals surface area contributed by atoms with E-state index in [1.807, 2.05) is 37.3 Å². The Bertz CT molecular complexity index is 875. The van der Waals surface area contributed by atoms with E-state index >= 15 is 0 Å². The highest BCUT2D eigenvalue weighted by molar-refractivity contribution is 5.70. The Morgan fingerprint density at radius 2 is 1.93 bits per heavy atom. The third-order valence-electron chi connectivity index (χ3n) is 6.02. The number of hydrogen-bond donors (Lipinski definition) is 2. The molecule has 2 heterocycles. The number of aromatic hydroxyl groups is 1. The number of aliphatic hydroxyl groups excluding tert-OH is 1. The number of benzene rings is 1. The molecule has 6 heteroatoms. The summed E-state index contributed by atoms with van der Waals surface area (Å²) in [7, 11) is 1.43. The van der Waals surface area contributed by atoms with Crippen LogP contribution in [-0.2, 0) is 4.74 Å². The van der Waals surface area contributed by atoms with Gasteiger partial charge in [-0.1, -0.05) is 51.1 Å². The summed E-state index contributed by atoms with van der Waals surface area (Å²) in [5.74, 6) is 0.438. The predicted molar refractivity (Wildman–Crippen MR) is 112 cm³/mol. The Kier molecular flexibility index (Phi) is 6.65. The van der Waals surface area contributed by atoms with E-state index in [0.717, 1.165) is 16.7 Å². The number of nitrogens with zero attached hydrogens (tertiary/aromatic N) is 1. The van der Waals surface area contributed by atoms with Crippen LogP contribution in [0.2, 0.25) is 0 Å². The molecule has 1 aromatic carbocycles. The van der Waals surface area contributed by atoms with Crippen LogP contribution in [0.3, 0.4) is 0 Å². The van der Waals surface area contributed by atoms with Gasteiger partial charge in [0.25, 0.3) is 5.56 Å². The van der Waals surface area contributed by atoms with Crippen LogP contribution in [0.15, 0.2) is 41.3 Å². The maximum atomic E-state index is 13.1. The van der Waals surface area contributed by atoms with Crippen molar-refractivity contribution in [2.75, 3.05) is 13.7 Å². The molecule has 2 N–H and O–H groups in total. The average Bonchev–Trinajstić information content (AvgIpc) is 2.70. The van der Waals surface area contributed by atoms with Crippen molar-refractivity contribution in [3.63, 3.8) is 0 Å². The van der Waals surface area contributed by atoms with Gasteiger partial charge in [0.2, 0.25) is 0 Å². The van der Waals surface area contributed by atoms with E-state index in [2.05, 4.69) is 13.8 Å². The van der Waals surface area contributed by atoms with Gasteiger partial charge in [0.05, 0.1) is 24.0 Å². The van der Waals surface area contributed by atoms with Crippen LogP contribution in [0.4, 0.5) is 0 Å². The molecule has 1 fully saturated rings. The van der Waals surface area contributed by atoms with Crippen molar-refractivity contribution in [3.8, 4) is 16.9 Å². The second kappa shape index (κ2) is 9.01. The number of hydrogen-bond acceptors (Lipinski definition) is 5. The molecule has 6 nitrogen and oxygen atoms in total. The van der Waals surface area contributed by atoms with Crippen molar-refractivity contribution >= 4 is 0 Å². The molecule has 1 saturated heterocycles. The van der Waals surface area contributed by atoms with Gasteiger partial charge in [-0.15, -0.1) is 0 Å². The summed E-state index contributed by atoms with van der Waals surface area (Å²) in [6.45, 7) is 6.33. The van der Waals surface area contributed by atoms with Crippen LogP contribution >= 0.6 is 0 Å². The van der Waals surface area contributed by atoms with E-state index < -0.39 is 11.7 Å². The summed E-state index contributed by atoms with van der Waals surface area (Å²) in [5, 5.41) is 20.5. The lowest BCUT2D eigenvalue weighted by Gasteiger charge is -2.42. The van der Waals surface area contributed by atoms with Crippen LogP contribution in [0.25, 0.3) is 11.1 Å². The number of ether oxygens (including phenoxy) is 1. The van der Waals surface area contributed by atoms with Gasteiger partial charge in [-0.3, -0.25) is 4.79 Å². The molecule has 0 saturated carbocycles. The molecule has 5 atom stereocenters. The third kappa shape index (κ3) is 4.19. The molecule has 1 aromatic heterocycles. The Morgan fingerprint density at radius 3 is 2.55 bits per heavy atom. The first kappa shape index (κ1) is 21.4. The monoisotopic (exact) mass is 401 g/mol. The summed E-state index contributed by atoms with van der Waals surface area (Å²) in [4.78, 5) is 18.4. The van der Waals surface area contributed by atoms with Gasteiger partial charge < -0.3 is 19.8 Å². The lowest BCUT2D eigenvalue weighted by atomic mass is 9.79. The van der Waals surface area contributed by atoms with Crippen molar-refractivity contribution in [1.29, 1.82) is 0 Å². The van der Waals surface area contributed by atoms with E-state index in [1.165, 1.54) is 13.3 Å². The second-order valence-electron chi connectivity index (χ2n) is 8.19. The molecule has 0 bridgehead atoms. The first-order valence-electron chi connectivity index (χ1n) is 10.2. The smallest absolute Gasteiger partial charge is 0.292 e. The number of rotatable bonds is 6. The summed E-state index contributed by atoms with van der Waals surface area (Å²) >= 11 is 0. The molecular weight excluding hydrogens is 370 g/mol. The molecule has 0 spiro atoms. The van der Waals surface area contributed by atoms with Crippen LogP contribution in [0.1, 0.15) is 45.3 Å². The van der Waals surface area contributed by atoms with E-state index in [9.17, 15) is 15.0 Å². The quantitative estimate of drug-likeness (QED) is 0.775. The fourth-order valence-corrected chi connectivity index (χ4v) is 4.52. The number of aromatic nitrogens is 1. The maximum Gasteiger partial charge on any atom is 0.292 e. The summed E-state index contributed by atoms with van der Waals surface area (Å²) < 4.78 is 7.57. The van der Waals surface area contributed by atoms with Gasteiger partial charge in [-0.25, -0.2) is 0 Å². The lowest BCUT2D eigenvalue weighted by molar-refractivity contribution is -0.134. The fourth-order valence-electron chi connectivity index (χ4n) is 4.52. The molecule has 0 aliphatic carbocycles. The largest absolute Gasteiger partial charge is 0.507 e. The zero-order valence-corrected chi connectivity index (χ0v) is 17.5. The summed E-state index contributed by atoms with van der Waals surface area (Å²) in [6.07, 6.45) is 2.37. The van der Waals surface area contributed by atoms with Crippen LogP contribution in [0.5, 0.6) is 5.75 Å². The van der Waals surface area contributed by atoms with Crippen molar-refractivity contribution in [1.82, 2.24) is 4.73 Å². The van der Waals surface area contributed by atoms with Crippen molar-refractivity contribution in [2.45, 2.75) is 45.8 Å². The van der Waals surface area contributed by atoms with Crippen molar-refractivity contribution < 1.29 is 19.8 Å². The Labute approximate surface area is 171 Å². The first-order valence-corrected chi connectivity index (χ1v) is 10.2. The standard InChI is InChI=1S/C23H31NO5/c1-14(10-11-25)21-15(2)12-16(3)22(29-21)19-20(26)18(13-24(28-4)23(19)27)17-8-6-5-7-9-17/h5-9,13-16,21-22,25-26H,10-12H2,1-4H3. The molecule has 1 aliphatic rings. The Morgan fingerprint density at radius 1 is 1.24 bits per heavy atom. The first-order chi connectivity index (χ1) is 13.9. The minimum absolute atomic E-state index is 0.0532. The van der Waals surface area contributed by atoms with E-state index in [1.54, 1.807) is 0 Å². The molecule has 3 rings (SSSR count). The highest BCUT2D eigenvalue weighted by Crippen LogP contribution is 2.44.